The van der Waals surface area contributed by atoms with Crippen molar-refractivity contribution in [1.82, 2.24) is 10.6 Å². The molecule has 9 heteroatoms. The number of hydrogen-bond acceptors (Lipinski definition) is 6. The molecule has 0 saturated heterocycles. The molecule has 2 amide bonds. The van der Waals surface area contributed by atoms with E-state index in [1.54, 1.807) is 19.3 Å². The van der Waals surface area contributed by atoms with Gasteiger partial charge >= 0.3 is 11.6 Å². The van der Waals surface area contributed by atoms with E-state index >= 15 is 0 Å². The Hall–Kier alpha value is -3.62. The van der Waals surface area contributed by atoms with E-state index in [0.717, 1.165) is 21.9 Å². The van der Waals surface area contributed by atoms with Gasteiger partial charge in [0.2, 0.25) is 11.8 Å². The van der Waals surface area contributed by atoms with Crippen LogP contribution in [0.2, 0.25) is 0 Å². The maximum atomic E-state index is 12.5. The van der Waals surface area contributed by atoms with Crippen LogP contribution in [0.15, 0.2) is 32.0 Å². The lowest BCUT2D eigenvalue weighted by molar-refractivity contribution is -0.143. The molecular formula is C24H28N2O7. The third-order valence-electron chi connectivity index (χ3n) is 6.02. The summed E-state index contributed by atoms with van der Waals surface area (Å²) in [5.74, 6) is -2.38. The van der Waals surface area contributed by atoms with Gasteiger partial charge in [-0.15, -0.1) is 0 Å². The van der Waals surface area contributed by atoms with Gasteiger partial charge in [-0.05, 0) is 43.4 Å². The van der Waals surface area contributed by atoms with Crippen LogP contribution in [0.4, 0.5) is 0 Å². The van der Waals surface area contributed by atoms with Gasteiger partial charge in [-0.1, -0.05) is 20.3 Å². The molecule has 3 aromatic rings. The Morgan fingerprint density at radius 3 is 2.48 bits per heavy atom. The summed E-state index contributed by atoms with van der Waals surface area (Å²) in [6.45, 7) is 6.95. The molecule has 2 heterocycles. The topological polar surface area (TPSA) is 139 Å². The molecule has 3 rings (SSSR count). The van der Waals surface area contributed by atoms with Crippen LogP contribution >= 0.6 is 0 Å². The second-order valence-corrected chi connectivity index (χ2v) is 8.30. The van der Waals surface area contributed by atoms with Crippen LogP contribution in [-0.2, 0) is 20.8 Å². The van der Waals surface area contributed by atoms with E-state index in [2.05, 4.69) is 10.6 Å². The highest BCUT2D eigenvalue weighted by atomic mass is 16.4. The SMILES string of the molecule is CC[C@H](C)[C@H](NC(=O)CNC(=O)CCc1c(C)c2cc3c(C)coc3cc2oc1=O)C(=O)O. The third-order valence-corrected chi connectivity index (χ3v) is 6.02. The zero-order valence-electron chi connectivity index (χ0n) is 19.1. The van der Waals surface area contributed by atoms with Crippen molar-refractivity contribution < 1.29 is 28.3 Å². The third kappa shape index (κ3) is 5.24. The van der Waals surface area contributed by atoms with Crippen molar-refractivity contribution in [3.05, 3.63) is 45.5 Å². The normalized spacial score (nSPS) is 13.1. The summed E-state index contributed by atoms with van der Waals surface area (Å²) in [5, 5.41) is 15.8. The first-order valence-electron chi connectivity index (χ1n) is 10.8. The Bertz CT molecular complexity index is 1270. The number of nitrogens with one attached hydrogen (secondary N) is 2. The van der Waals surface area contributed by atoms with Crippen molar-refractivity contribution in [2.24, 2.45) is 5.92 Å². The van der Waals surface area contributed by atoms with Gasteiger partial charge < -0.3 is 24.6 Å². The van der Waals surface area contributed by atoms with E-state index in [-0.39, 0.29) is 25.3 Å². The first-order chi connectivity index (χ1) is 15.6. The average Bonchev–Trinajstić information content (AvgIpc) is 3.13. The number of aryl methyl sites for hydroxylation is 2. The number of carboxylic acids is 1. The molecule has 0 aliphatic heterocycles. The first-order valence-corrected chi connectivity index (χ1v) is 10.8. The summed E-state index contributed by atoms with van der Waals surface area (Å²) in [7, 11) is 0. The highest BCUT2D eigenvalue weighted by molar-refractivity contribution is 5.96. The summed E-state index contributed by atoms with van der Waals surface area (Å²) in [4.78, 5) is 48.1. The lowest BCUT2D eigenvalue weighted by atomic mass is 9.99. The molecule has 9 nitrogen and oxygen atoms in total. The molecule has 2 aromatic heterocycles. The molecule has 0 aliphatic carbocycles. The standard InChI is InChI=1S/C24H28N2O7/c1-5-12(2)22(23(29)30)26-21(28)10-25-20(27)7-6-15-14(4)17-8-16-13(3)11-32-18(16)9-19(17)33-24(15)31/h8-9,11-12,22H,5-7,10H2,1-4H3,(H,25,27)(H,26,28)(H,29,30)/t12-,22-/m0/s1. The van der Waals surface area contributed by atoms with Crippen molar-refractivity contribution in [1.29, 1.82) is 0 Å². The molecular weight excluding hydrogens is 428 g/mol. The fourth-order valence-corrected chi connectivity index (χ4v) is 3.74. The Balaban J connectivity index is 1.65. The van der Waals surface area contributed by atoms with Gasteiger partial charge in [0.15, 0.2) is 0 Å². The van der Waals surface area contributed by atoms with E-state index in [1.807, 2.05) is 26.8 Å². The smallest absolute Gasteiger partial charge is 0.339 e. The molecule has 0 unspecified atom stereocenters. The first kappa shape index (κ1) is 24.0. The Morgan fingerprint density at radius 1 is 1.09 bits per heavy atom. The molecule has 0 spiro atoms. The number of fused-ring (bicyclic) bond motifs is 2. The average molecular weight is 456 g/mol. The van der Waals surface area contributed by atoms with Gasteiger partial charge in [-0.25, -0.2) is 9.59 Å². The number of hydrogen-bond donors (Lipinski definition) is 3. The van der Waals surface area contributed by atoms with E-state index < -0.39 is 29.5 Å². The summed E-state index contributed by atoms with van der Waals surface area (Å²) in [5.41, 5.74) is 2.61. The minimum absolute atomic E-state index is 0.0227. The van der Waals surface area contributed by atoms with Crippen molar-refractivity contribution >= 4 is 39.7 Å². The minimum Gasteiger partial charge on any atom is -0.480 e. The highest BCUT2D eigenvalue weighted by Crippen LogP contribution is 2.29. The predicted molar refractivity (Wildman–Crippen MR) is 122 cm³/mol. The lowest BCUT2D eigenvalue weighted by Gasteiger charge is -2.20. The lowest BCUT2D eigenvalue weighted by Crippen LogP contribution is -2.48. The van der Waals surface area contributed by atoms with Gasteiger partial charge in [0, 0.05) is 28.8 Å². The quantitative estimate of drug-likeness (QED) is 0.421. The van der Waals surface area contributed by atoms with Gasteiger partial charge in [-0.2, -0.15) is 0 Å². The number of aliphatic carboxylic acids is 1. The summed E-state index contributed by atoms with van der Waals surface area (Å²) < 4.78 is 10.9. The maximum Gasteiger partial charge on any atom is 0.339 e. The number of carbonyl (C=O) groups excluding carboxylic acids is 2. The van der Waals surface area contributed by atoms with Gasteiger partial charge in [0.25, 0.3) is 0 Å². The highest BCUT2D eigenvalue weighted by Gasteiger charge is 2.25. The van der Waals surface area contributed by atoms with Crippen LogP contribution in [0.3, 0.4) is 0 Å². The van der Waals surface area contributed by atoms with Gasteiger partial charge in [-0.3, -0.25) is 9.59 Å². The largest absolute Gasteiger partial charge is 0.480 e. The molecule has 0 fully saturated rings. The Kier molecular flexibility index (Phi) is 7.20. The van der Waals surface area contributed by atoms with E-state index in [0.29, 0.717) is 23.2 Å². The molecule has 3 N–H and O–H groups in total. The fourth-order valence-electron chi connectivity index (χ4n) is 3.74. The number of amides is 2. The molecule has 0 aliphatic rings. The second kappa shape index (κ2) is 9.89. The van der Waals surface area contributed by atoms with Crippen LogP contribution < -0.4 is 16.3 Å². The molecule has 0 radical (unpaired) electrons. The van der Waals surface area contributed by atoms with Crippen molar-refractivity contribution in [2.45, 2.75) is 53.0 Å². The Morgan fingerprint density at radius 2 is 1.82 bits per heavy atom. The second-order valence-electron chi connectivity index (χ2n) is 8.30. The van der Waals surface area contributed by atoms with Gasteiger partial charge in [0.1, 0.15) is 17.2 Å². The molecule has 1 aromatic carbocycles. The summed E-state index contributed by atoms with van der Waals surface area (Å²) in [6.07, 6.45) is 2.35. The number of carbonyl (C=O) groups is 3. The van der Waals surface area contributed by atoms with Crippen molar-refractivity contribution in [3.63, 3.8) is 0 Å². The monoisotopic (exact) mass is 456 g/mol. The maximum absolute atomic E-state index is 12.5. The van der Waals surface area contributed by atoms with Crippen LogP contribution in [0, 0.1) is 19.8 Å². The van der Waals surface area contributed by atoms with Crippen molar-refractivity contribution in [2.75, 3.05) is 6.54 Å². The van der Waals surface area contributed by atoms with Crippen LogP contribution in [0.5, 0.6) is 0 Å². The molecule has 176 valence electrons. The molecule has 2 atom stereocenters. The molecule has 0 bridgehead atoms. The van der Waals surface area contributed by atoms with Crippen LogP contribution in [0.1, 0.15) is 43.4 Å². The Labute approximate surface area is 190 Å². The predicted octanol–water partition coefficient (Wildman–Crippen LogP) is 2.82. The zero-order chi connectivity index (χ0) is 24.3. The number of rotatable bonds is 9. The fraction of sp³-hybridized carbons (Fsp3) is 0.417. The number of carboxylic acid groups (broad SMARTS) is 1. The van der Waals surface area contributed by atoms with E-state index in [4.69, 9.17) is 8.83 Å². The molecule has 33 heavy (non-hydrogen) atoms. The zero-order valence-corrected chi connectivity index (χ0v) is 19.1. The number of benzene rings is 1. The van der Waals surface area contributed by atoms with Crippen LogP contribution in [-0.4, -0.2) is 35.5 Å². The van der Waals surface area contributed by atoms with E-state index in [1.165, 1.54) is 0 Å². The van der Waals surface area contributed by atoms with Crippen molar-refractivity contribution in [3.8, 4) is 0 Å². The summed E-state index contributed by atoms with van der Waals surface area (Å²) in [6, 6.07) is 2.58. The minimum atomic E-state index is -1.12. The summed E-state index contributed by atoms with van der Waals surface area (Å²) >= 11 is 0. The van der Waals surface area contributed by atoms with E-state index in [9.17, 15) is 24.3 Å². The number of furan rings is 1. The van der Waals surface area contributed by atoms with Gasteiger partial charge in [0.05, 0.1) is 12.8 Å². The molecule has 0 saturated carbocycles. The van der Waals surface area contributed by atoms with Crippen LogP contribution in [0.25, 0.3) is 21.9 Å².